The third-order valence-corrected chi connectivity index (χ3v) is 5.22. The van der Waals surface area contributed by atoms with Crippen LogP contribution in [-0.4, -0.2) is 42.4 Å². The third-order valence-electron chi connectivity index (χ3n) is 3.41. The van der Waals surface area contributed by atoms with Crippen LogP contribution in [-0.2, 0) is 0 Å². The van der Waals surface area contributed by atoms with Crippen LogP contribution in [0.5, 0.6) is 5.75 Å². The van der Waals surface area contributed by atoms with E-state index in [1.54, 1.807) is 24.6 Å². The molecule has 0 aliphatic rings. The number of ether oxygens (including phenoxy) is 1. The van der Waals surface area contributed by atoms with E-state index < -0.39 is 0 Å². The molecule has 0 fully saturated rings. The van der Waals surface area contributed by atoms with Gasteiger partial charge in [-0.05, 0) is 36.6 Å². The van der Waals surface area contributed by atoms with Gasteiger partial charge in [0.2, 0.25) is 0 Å². The first-order valence-electron chi connectivity index (χ1n) is 7.32. The molecule has 0 saturated heterocycles. The van der Waals surface area contributed by atoms with E-state index in [0.29, 0.717) is 0 Å². The fourth-order valence-corrected chi connectivity index (χ4v) is 3.52. The summed E-state index contributed by atoms with van der Waals surface area (Å²) >= 11 is 3.16. The largest absolute Gasteiger partial charge is 0.497 e. The minimum atomic E-state index is 0.757. The minimum absolute atomic E-state index is 0.757. The van der Waals surface area contributed by atoms with Gasteiger partial charge in [0.25, 0.3) is 0 Å². The molecule has 0 atom stereocenters. The molecule has 0 aliphatic carbocycles. The smallest absolute Gasteiger partial charge is 0.187 e. The maximum absolute atomic E-state index is 5.24. The molecule has 3 aromatic rings. The molecule has 5 nitrogen and oxygen atoms in total. The van der Waals surface area contributed by atoms with Crippen molar-refractivity contribution >= 4 is 28.2 Å². The number of anilines is 1. The van der Waals surface area contributed by atoms with Crippen LogP contribution in [0.1, 0.15) is 0 Å². The van der Waals surface area contributed by atoms with Gasteiger partial charge >= 0.3 is 0 Å². The summed E-state index contributed by atoms with van der Waals surface area (Å²) in [4.78, 5) is 16.8. The highest BCUT2D eigenvalue weighted by Crippen LogP contribution is 2.39. The molecule has 0 spiro atoms. The standard InChI is InChI=1S/C17H18N4OS2/c1-21(2)17-20-14(11-5-7-12(22-3)8-6-11)15(24-17)13-9-10-18-16(19-13)23-4/h5-10H,1-4H3. The van der Waals surface area contributed by atoms with Gasteiger partial charge in [0, 0.05) is 25.9 Å². The Morgan fingerprint density at radius 3 is 2.46 bits per heavy atom. The average molecular weight is 358 g/mol. The number of hydrogen-bond donors (Lipinski definition) is 0. The molecule has 0 bridgehead atoms. The summed E-state index contributed by atoms with van der Waals surface area (Å²) in [6, 6.07) is 9.86. The lowest BCUT2D eigenvalue weighted by atomic mass is 10.1. The zero-order chi connectivity index (χ0) is 17.1. The van der Waals surface area contributed by atoms with Crippen LogP contribution in [0.3, 0.4) is 0 Å². The Kier molecular flexibility index (Phi) is 5.01. The molecule has 2 heterocycles. The molecule has 1 aromatic carbocycles. The second kappa shape index (κ2) is 7.19. The molecule has 24 heavy (non-hydrogen) atoms. The van der Waals surface area contributed by atoms with Crippen molar-refractivity contribution in [3.63, 3.8) is 0 Å². The maximum atomic E-state index is 5.24. The minimum Gasteiger partial charge on any atom is -0.497 e. The summed E-state index contributed by atoms with van der Waals surface area (Å²) in [5, 5.41) is 1.70. The molecule has 0 N–H and O–H groups in total. The van der Waals surface area contributed by atoms with E-state index in [1.165, 1.54) is 11.8 Å². The summed E-state index contributed by atoms with van der Waals surface area (Å²) in [5.41, 5.74) is 2.86. The van der Waals surface area contributed by atoms with E-state index >= 15 is 0 Å². The first-order chi connectivity index (χ1) is 11.6. The number of rotatable bonds is 5. The Morgan fingerprint density at radius 1 is 1.08 bits per heavy atom. The van der Waals surface area contributed by atoms with Gasteiger partial charge in [0.15, 0.2) is 10.3 Å². The fraction of sp³-hybridized carbons (Fsp3) is 0.235. The molecular weight excluding hydrogens is 340 g/mol. The quantitative estimate of drug-likeness (QED) is 0.506. The summed E-state index contributed by atoms with van der Waals surface area (Å²) in [5.74, 6) is 0.829. The van der Waals surface area contributed by atoms with Crippen molar-refractivity contribution in [2.75, 3.05) is 32.4 Å². The normalized spacial score (nSPS) is 10.7. The van der Waals surface area contributed by atoms with E-state index in [0.717, 1.165) is 37.9 Å². The van der Waals surface area contributed by atoms with Crippen LogP contribution < -0.4 is 9.64 Å². The number of methoxy groups -OCH3 is 1. The van der Waals surface area contributed by atoms with Crippen molar-refractivity contribution in [1.82, 2.24) is 15.0 Å². The molecule has 7 heteroatoms. The second-order valence-electron chi connectivity index (χ2n) is 5.23. The molecule has 124 valence electrons. The molecule has 2 aromatic heterocycles. The Hall–Kier alpha value is -2.12. The molecule has 0 unspecified atom stereocenters. The van der Waals surface area contributed by atoms with Crippen LogP contribution in [0, 0.1) is 0 Å². The predicted molar refractivity (Wildman–Crippen MR) is 101 cm³/mol. The van der Waals surface area contributed by atoms with E-state index in [2.05, 4.69) is 9.97 Å². The zero-order valence-corrected chi connectivity index (χ0v) is 15.6. The number of aromatic nitrogens is 3. The van der Waals surface area contributed by atoms with E-state index in [1.807, 2.05) is 55.6 Å². The van der Waals surface area contributed by atoms with Crippen LogP contribution in [0.25, 0.3) is 21.8 Å². The van der Waals surface area contributed by atoms with E-state index in [4.69, 9.17) is 9.72 Å². The lowest BCUT2D eigenvalue weighted by Crippen LogP contribution is -2.07. The molecule has 0 amide bonds. The van der Waals surface area contributed by atoms with Gasteiger partial charge in [-0.2, -0.15) is 0 Å². The van der Waals surface area contributed by atoms with E-state index in [-0.39, 0.29) is 0 Å². The number of benzene rings is 1. The second-order valence-corrected chi connectivity index (χ2v) is 6.98. The summed E-state index contributed by atoms with van der Waals surface area (Å²) in [6.45, 7) is 0. The van der Waals surface area contributed by atoms with Crippen molar-refractivity contribution in [1.29, 1.82) is 0 Å². The van der Waals surface area contributed by atoms with Crippen LogP contribution in [0.2, 0.25) is 0 Å². The summed E-state index contributed by atoms with van der Waals surface area (Å²) in [7, 11) is 5.65. The van der Waals surface area contributed by atoms with Gasteiger partial charge in [0.05, 0.1) is 23.4 Å². The highest BCUT2D eigenvalue weighted by atomic mass is 32.2. The van der Waals surface area contributed by atoms with Gasteiger partial charge in [-0.1, -0.05) is 23.1 Å². The Morgan fingerprint density at radius 2 is 1.83 bits per heavy atom. The van der Waals surface area contributed by atoms with Crippen LogP contribution >= 0.6 is 23.1 Å². The molecular formula is C17H18N4OS2. The molecule has 0 aliphatic heterocycles. The van der Waals surface area contributed by atoms with Crippen molar-refractivity contribution in [3.05, 3.63) is 36.5 Å². The number of thiazole rings is 1. The Labute approximate surface area is 149 Å². The monoisotopic (exact) mass is 358 g/mol. The third kappa shape index (κ3) is 3.37. The first-order valence-corrected chi connectivity index (χ1v) is 9.36. The van der Waals surface area contributed by atoms with Crippen LogP contribution in [0.4, 0.5) is 5.13 Å². The Bertz CT molecular complexity index is 831. The van der Waals surface area contributed by atoms with Gasteiger partial charge in [-0.15, -0.1) is 0 Å². The molecule has 0 radical (unpaired) electrons. The van der Waals surface area contributed by atoms with Gasteiger partial charge in [0.1, 0.15) is 5.75 Å². The average Bonchev–Trinajstić information content (AvgIpc) is 3.07. The Balaban J connectivity index is 2.13. The SMILES string of the molecule is COc1ccc(-c2nc(N(C)C)sc2-c2ccnc(SC)n2)cc1. The lowest BCUT2D eigenvalue weighted by molar-refractivity contribution is 0.415. The fourth-order valence-electron chi connectivity index (χ4n) is 2.18. The van der Waals surface area contributed by atoms with E-state index in [9.17, 15) is 0 Å². The number of hydrogen-bond acceptors (Lipinski definition) is 7. The topological polar surface area (TPSA) is 51.1 Å². The highest BCUT2D eigenvalue weighted by Gasteiger charge is 2.17. The van der Waals surface area contributed by atoms with Crippen LogP contribution in [0.15, 0.2) is 41.7 Å². The zero-order valence-electron chi connectivity index (χ0n) is 14.0. The van der Waals surface area contributed by atoms with Gasteiger partial charge < -0.3 is 9.64 Å². The molecule has 3 rings (SSSR count). The predicted octanol–water partition coefficient (Wildman–Crippen LogP) is 4.06. The van der Waals surface area contributed by atoms with Gasteiger partial charge in [-0.3, -0.25) is 0 Å². The summed E-state index contributed by atoms with van der Waals surface area (Å²) in [6.07, 6.45) is 3.77. The highest BCUT2D eigenvalue weighted by molar-refractivity contribution is 7.98. The number of nitrogens with zero attached hydrogens (tertiary/aromatic N) is 4. The van der Waals surface area contributed by atoms with Crippen molar-refractivity contribution in [2.45, 2.75) is 5.16 Å². The maximum Gasteiger partial charge on any atom is 0.187 e. The first kappa shape index (κ1) is 16.7. The van der Waals surface area contributed by atoms with Crippen molar-refractivity contribution in [3.8, 4) is 27.6 Å². The lowest BCUT2D eigenvalue weighted by Gasteiger charge is -2.05. The summed E-state index contributed by atoms with van der Waals surface area (Å²) < 4.78 is 5.24. The number of thioether (sulfide) groups is 1. The van der Waals surface area contributed by atoms with Gasteiger partial charge in [-0.25, -0.2) is 15.0 Å². The van der Waals surface area contributed by atoms with Crippen molar-refractivity contribution in [2.24, 2.45) is 0 Å². The molecule has 0 saturated carbocycles. The van der Waals surface area contributed by atoms with Crippen molar-refractivity contribution < 1.29 is 4.74 Å².